The van der Waals surface area contributed by atoms with Crippen LogP contribution in [0.4, 0.5) is 0 Å². The van der Waals surface area contributed by atoms with Crippen LogP contribution < -0.4 is 11.1 Å². The minimum atomic E-state index is 0.136. The van der Waals surface area contributed by atoms with E-state index in [0.29, 0.717) is 25.3 Å². The van der Waals surface area contributed by atoms with Gasteiger partial charge in [0.2, 0.25) is 5.91 Å². The third-order valence-electron chi connectivity index (χ3n) is 2.48. The van der Waals surface area contributed by atoms with E-state index >= 15 is 0 Å². The number of oxime groups is 1. The number of nitrogens with zero attached hydrogens (tertiary/aromatic N) is 1. The average molecular weight is 199 g/mol. The number of hydrogen-bond donors (Lipinski definition) is 3. The van der Waals surface area contributed by atoms with Crippen LogP contribution in [0.15, 0.2) is 5.16 Å². The fourth-order valence-electron chi connectivity index (χ4n) is 1.35. The molecular formula is C9H17N3O2. The third kappa shape index (κ3) is 3.24. The fourth-order valence-corrected chi connectivity index (χ4v) is 1.35. The Balaban J connectivity index is 2.01. The van der Waals surface area contributed by atoms with Crippen molar-refractivity contribution >= 4 is 11.7 Å². The molecule has 1 amide bonds. The number of rotatable bonds is 5. The standard InChI is InChI=1S/C9H17N3O2/c1-6-5-7(6)9(13)11-4-2-3-8(10)12-14/h6-7,14H,2-5H2,1H3,(H2,10,12)(H,11,13). The van der Waals surface area contributed by atoms with Gasteiger partial charge in [-0.25, -0.2) is 0 Å². The highest BCUT2D eigenvalue weighted by Gasteiger charge is 2.38. The maximum absolute atomic E-state index is 11.3. The van der Waals surface area contributed by atoms with Gasteiger partial charge in [0.15, 0.2) is 0 Å². The summed E-state index contributed by atoms with van der Waals surface area (Å²) in [5.41, 5.74) is 5.27. The van der Waals surface area contributed by atoms with Crippen molar-refractivity contribution in [2.45, 2.75) is 26.2 Å². The lowest BCUT2D eigenvalue weighted by atomic mass is 10.2. The van der Waals surface area contributed by atoms with Crippen molar-refractivity contribution in [2.24, 2.45) is 22.7 Å². The lowest BCUT2D eigenvalue weighted by molar-refractivity contribution is -0.122. The molecule has 0 bridgehead atoms. The van der Waals surface area contributed by atoms with Crippen LogP contribution in [0.3, 0.4) is 0 Å². The summed E-state index contributed by atoms with van der Waals surface area (Å²) in [6.45, 7) is 2.67. The summed E-state index contributed by atoms with van der Waals surface area (Å²) in [4.78, 5) is 11.3. The average Bonchev–Trinajstić information content (AvgIpc) is 2.89. The molecule has 0 aromatic rings. The van der Waals surface area contributed by atoms with Crippen molar-refractivity contribution in [1.82, 2.24) is 5.32 Å². The van der Waals surface area contributed by atoms with Gasteiger partial charge in [0, 0.05) is 18.9 Å². The molecule has 5 nitrogen and oxygen atoms in total. The molecule has 0 aromatic carbocycles. The van der Waals surface area contributed by atoms with Gasteiger partial charge in [0.1, 0.15) is 5.84 Å². The zero-order valence-corrected chi connectivity index (χ0v) is 8.36. The molecule has 0 aliphatic heterocycles. The first-order valence-corrected chi connectivity index (χ1v) is 4.89. The van der Waals surface area contributed by atoms with Crippen LogP contribution in [-0.4, -0.2) is 23.5 Å². The molecular weight excluding hydrogens is 182 g/mol. The van der Waals surface area contributed by atoms with E-state index in [1.54, 1.807) is 0 Å². The van der Waals surface area contributed by atoms with Crippen molar-refractivity contribution in [3.05, 3.63) is 0 Å². The van der Waals surface area contributed by atoms with E-state index in [9.17, 15) is 4.79 Å². The normalized spacial score (nSPS) is 25.9. The highest BCUT2D eigenvalue weighted by atomic mass is 16.4. The molecule has 0 heterocycles. The second kappa shape index (κ2) is 4.83. The summed E-state index contributed by atoms with van der Waals surface area (Å²) in [5.74, 6) is 1.11. The van der Waals surface area contributed by atoms with Gasteiger partial charge in [-0.2, -0.15) is 0 Å². The largest absolute Gasteiger partial charge is 0.409 e. The minimum Gasteiger partial charge on any atom is -0.409 e. The van der Waals surface area contributed by atoms with Crippen LogP contribution in [-0.2, 0) is 4.79 Å². The lowest BCUT2D eigenvalue weighted by Crippen LogP contribution is -2.27. The van der Waals surface area contributed by atoms with Gasteiger partial charge in [-0.05, 0) is 18.8 Å². The SMILES string of the molecule is CC1CC1C(=O)NCCCC(N)=NO. The predicted molar refractivity (Wildman–Crippen MR) is 52.9 cm³/mol. The smallest absolute Gasteiger partial charge is 0.223 e. The van der Waals surface area contributed by atoms with Crippen LogP contribution in [0.1, 0.15) is 26.2 Å². The van der Waals surface area contributed by atoms with E-state index in [1.165, 1.54) is 0 Å². The molecule has 1 saturated carbocycles. The van der Waals surface area contributed by atoms with Crippen molar-refractivity contribution in [3.8, 4) is 0 Å². The van der Waals surface area contributed by atoms with Crippen LogP contribution in [0.25, 0.3) is 0 Å². The maximum Gasteiger partial charge on any atom is 0.223 e. The zero-order valence-electron chi connectivity index (χ0n) is 8.36. The molecule has 0 aromatic heterocycles. The summed E-state index contributed by atoms with van der Waals surface area (Å²) in [6.07, 6.45) is 2.23. The molecule has 5 heteroatoms. The Hall–Kier alpha value is -1.26. The molecule has 1 rings (SSSR count). The van der Waals surface area contributed by atoms with Crippen molar-refractivity contribution in [1.29, 1.82) is 0 Å². The summed E-state index contributed by atoms with van der Waals surface area (Å²) in [7, 11) is 0. The first kappa shape index (κ1) is 10.8. The van der Waals surface area contributed by atoms with Gasteiger partial charge >= 0.3 is 0 Å². The first-order chi connectivity index (χ1) is 6.65. The quantitative estimate of drug-likeness (QED) is 0.195. The Morgan fingerprint density at radius 3 is 2.86 bits per heavy atom. The maximum atomic E-state index is 11.3. The molecule has 1 aliphatic carbocycles. The number of amides is 1. The number of amidine groups is 1. The number of carbonyl (C=O) groups excluding carboxylic acids is 1. The monoisotopic (exact) mass is 199 g/mol. The number of nitrogens with one attached hydrogen (secondary N) is 1. The third-order valence-corrected chi connectivity index (χ3v) is 2.48. The number of carbonyl (C=O) groups is 1. The molecule has 14 heavy (non-hydrogen) atoms. The summed E-state index contributed by atoms with van der Waals surface area (Å²) >= 11 is 0. The first-order valence-electron chi connectivity index (χ1n) is 4.89. The number of nitrogens with two attached hydrogens (primary N) is 1. The molecule has 2 atom stereocenters. The van der Waals surface area contributed by atoms with E-state index in [0.717, 1.165) is 6.42 Å². The van der Waals surface area contributed by atoms with E-state index in [2.05, 4.69) is 17.4 Å². The molecule has 1 aliphatic rings. The van der Waals surface area contributed by atoms with Crippen LogP contribution in [0, 0.1) is 11.8 Å². The van der Waals surface area contributed by atoms with Gasteiger partial charge in [-0.1, -0.05) is 12.1 Å². The molecule has 0 spiro atoms. The van der Waals surface area contributed by atoms with Gasteiger partial charge in [0.05, 0.1) is 0 Å². The van der Waals surface area contributed by atoms with Gasteiger partial charge < -0.3 is 16.3 Å². The van der Waals surface area contributed by atoms with Crippen molar-refractivity contribution in [2.75, 3.05) is 6.54 Å². The second-order valence-corrected chi connectivity index (χ2v) is 3.81. The van der Waals surface area contributed by atoms with Gasteiger partial charge in [-0.3, -0.25) is 4.79 Å². The zero-order chi connectivity index (χ0) is 10.6. The van der Waals surface area contributed by atoms with E-state index in [-0.39, 0.29) is 17.7 Å². The molecule has 2 unspecified atom stereocenters. The molecule has 0 radical (unpaired) electrons. The number of hydrogen-bond acceptors (Lipinski definition) is 3. The lowest BCUT2D eigenvalue weighted by Gasteiger charge is -2.03. The second-order valence-electron chi connectivity index (χ2n) is 3.81. The molecule has 0 saturated heterocycles. The molecule has 1 fully saturated rings. The Labute approximate surface area is 83.3 Å². The van der Waals surface area contributed by atoms with Crippen LogP contribution in [0.5, 0.6) is 0 Å². The Morgan fingerprint density at radius 2 is 2.36 bits per heavy atom. The Morgan fingerprint density at radius 1 is 1.71 bits per heavy atom. The molecule has 80 valence electrons. The van der Waals surface area contributed by atoms with Gasteiger partial charge in [-0.15, -0.1) is 0 Å². The van der Waals surface area contributed by atoms with E-state index in [1.807, 2.05) is 0 Å². The highest BCUT2D eigenvalue weighted by molar-refractivity contribution is 5.81. The minimum absolute atomic E-state index is 0.136. The topological polar surface area (TPSA) is 87.7 Å². The summed E-state index contributed by atoms with van der Waals surface area (Å²) in [6, 6.07) is 0. The highest BCUT2D eigenvalue weighted by Crippen LogP contribution is 2.37. The van der Waals surface area contributed by atoms with Crippen LogP contribution in [0.2, 0.25) is 0 Å². The van der Waals surface area contributed by atoms with Crippen molar-refractivity contribution < 1.29 is 10.0 Å². The van der Waals surface area contributed by atoms with Crippen LogP contribution >= 0.6 is 0 Å². The Kier molecular flexibility index (Phi) is 3.73. The fraction of sp³-hybridized carbons (Fsp3) is 0.778. The summed E-state index contributed by atoms with van der Waals surface area (Å²) < 4.78 is 0. The Bertz CT molecular complexity index is 240. The van der Waals surface area contributed by atoms with E-state index < -0.39 is 0 Å². The molecule has 4 N–H and O–H groups in total. The summed E-state index contributed by atoms with van der Waals surface area (Å²) in [5, 5.41) is 13.9. The van der Waals surface area contributed by atoms with E-state index in [4.69, 9.17) is 10.9 Å². The van der Waals surface area contributed by atoms with Gasteiger partial charge in [0.25, 0.3) is 0 Å². The van der Waals surface area contributed by atoms with Crippen molar-refractivity contribution in [3.63, 3.8) is 0 Å². The predicted octanol–water partition coefficient (Wildman–Crippen LogP) is 0.285.